The van der Waals surface area contributed by atoms with E-state index in [9.17, 15) is 14.7 Å². The topological polar surface area (TPSA) is 75.6 Å². The van der Waals surface area contributed by atoms with Gasteiger partial charge in [-0.25, -0.2) is 4.79 Å². The third kappa shape index (κ3) is 5.12. The maximum atomic E-state index is 12.0. The molecule has 2 aromatic rings. The van der Waals surface area contributed by atoms with Crippen LogP contribution < -0.4 is 10.1 Å². The highest BCUT2D eigenvalue weighted by atomic mass is 16.5. The van der Waals surface area contributed by atoms with Crippen LogP contribution in [0.5, 0.6) is 5.75 Å². The predicted molar refractivity (Wildman–Crippen MR) is 90.9 cm³/mol. The normalized spacial score (nSPS) is 11.5. The number of aryl methyl sites for hydroxylation is 1. The first kappa shape index (κ1) is 17.5. The minimum absolute atomic E-state index is 0.264. The van der Waals surface area contributed by atoms with E-state index < -0.39 is 12.0 Å². The predicted octanol–water partition coefficient (Wildman–Crippen LogP) is 2.96. The van der Waals surface area contributed by atoms with Crippen LogP contribution >= 0.6 is 0 Å². The summed E-state index contributed by atoms with van der Waals surface area (Å²) in [7, 11) is 1.62. The number of carboxylic acid groups (broad SMARTS) is 1. The molecule has 0 saturated heterocycles. The van der Waals surface area contributed by atoms with Gasteiger partial charge in [0.25, 0.3) is 0 Å². The van der Waals surface area contributed by atoms with Crippen molar-refractivity contribution in [1.29, 1.82) is 0 Å². The Morgan fingerprint density at radius 2 is 1.75 bits per heavy atom. The fourth-order valence-electron chi connectivity index (χ4n) is 2.41. The number of aliphatic carboxylic acids is 1. The molecule has 24 heavy (non-hydrogen) atoms. The molecule has 0 spiro atoms. The van der Waals surface area contributed by atoms with Crippen molar-refractivity contribution >= 4 is 11.9 Å². The zero-order chi connectivity index (χ0) is 17.4. The number of amides is 1. The van der Waals surface area contributed by atoms with Gasteiger partial charge < -0.3 is 15.2 Å². The molecule has 5 heteroatoms. The second kappa shape index (κ2) is 8.72. The third-order valence-electron chi connectivity index (χ3n) is 3.71. The number of rotatable bonds is 8. The molecule has 0 aliphatic heterocycles. The van der Waals surface area contributed by atoms with Crippen molar-refractivity contribution in [2.75, 3.05) is 7.11 Å². The average Bonchev–Trinajstić information content (AvgIpc) is 2.61. The van der Waals surface area contributed by atoms with Crippen molar-refractivity contribution in [2.45, 2.75) is 25.3 Å². The van der Waals surface area contributed by atoms with Crippen LogP contribution in [0.2, 0.25) is 0 Å². The van der Waals surface area contributed by atoms with Crippen LogP contribution in [-0.2, 0) is 16.0 Å². The Morgan fingerprint density at radius 1 is 1.08 bits per heavy atom. The van der Waals surface area contributed by atoms with E-state index >= 15 is 0 Å². The van der Waals surface area contributed by atoms with E-state index in [1.807, 2.05) is 24.3 Å². The van der Waals surface area contributed by atoms with Crippen LogP contribution in [0, 0.1) is 0 Å². The summed E-state index contributed by atoms with van der Waals surface area (Å²) >= 11 is 0. The second-order valence-corrected chi connectivity index (χ2v) is 5.45. The number of hydrogen-bond acceptors (Lipinski definition) is 3. The van der Waals surface area contributed by atoms with E-state index in [4.69, 9.17) is 4.74 Å². The van der Waals surface area contributed by atoms with Crippen molar-refractivity contribution in [3.63, 3.8) is 0 Å². The molecular formula is C19H21NO4. The number of carbonyl (C=O) groups excluding carboxylic acids is 1. The lowest BCUT2D eigenvalue weighted by atomic mass is 10.1. The molecule has 5 nitrogen and oxygen atoms in total. The van der Waals surface area contributed by atoms with Crippen molar-refractivity contribution in [1.82, 2.24) is 5.32 Å². The Hall–Kier alpha value is -2.82. The lowest BCUT2D eigenvalue weighted by Gasteiger charge is -2.14. The Labute approximate surface area is 141 Å². The van der Waals surface area contributed by atoms with E-state index in [0.29, 0.717) is 12.0 Å². The maximum Gasteiger partial charge on any atom is 0.330 e. The molecule has 2 N–H and O–H groups in total. The summed E-state index contributed by atoms with van der Waals surface area (Å²) < 4.78 is 5.10. The van der Waals surface area contributed by atoms with Crippen LogP contribution in [0.4, 0.5) is 0 Å². The molecular weight excluding hydrogens is 306 g/mol. The first-order chi connectivity index (χ1) is 11.6. The van der Waals surface area contributed by atoms with Gasteiger partial charge in [0, 0.05) is 6.42 Å². The van der Waals surface area contributed by atoms with Gasteiger partial charge in [-0.2, -0.15) is 0 Å². The Bertz CT molecular complexity index is 668. The fraction of sp³-hybridized carbons (Fsp3) is 0.263. The lowest BCUT2D eigenvalue weighted by Crippen LogP contribution is -2.33. The molecule has 1 amide bonds. The number of carboxylic acids is 1. The standard InChI is InChI=1S/C19H21NO4/c1-24-16-12-10-14(11-13-16)6-5-9-17(21)20-18(19(22)23)15-7-3-2-4-8-15/h2-4,7-8,10-13,18H,5-6,9H2,1H3,(H,20,21)(H,22,23). The van der Waals surface area contributed by atoms with Crippen LogP contribution in [0.15, 0.2) is 54.6 Å². The van der Waals surface area contributed by atoms with Crippen LogP contribution in [0.3, 0.4) is 0 Å². The summed E-state index contributed by atoms with van der Waals surface area (Å²) in [5.41, 5.74) is 1.68. The molecule has 0 aliphatic carbocycles. The largest absolute Gasteiger partial charge is 0.497 e. The quantitative estimate of drug-likeness (QED) is 0.781. The molecule has 2 aromatic carbocycles. The van der Waals surface area contributed by atoms with Crippen molar-refractivity contribution < 1.29 is 19.4 Å². The summed E-state index contributed by atoms with van der Waals surface area (Å²) in [5.74, 6) is -0.534. The molecule has 2 rings (SSSR count). The highest BCUT2D eigenvalue weighted by molar-refractivity contribution is 5.84. The Kier molecular flexibility index (Phi) is 6.37. The molecule has 126 valence electrons. The van der Waals surface area contributed by atoms with Gasteiger partial charge in [0.15, 0.2) is 6.04 Å². The molecule has 0 aromatic heterocycles. The summed E-state index contributed by atoms with van der Waals surface area (Å²) in [6, 6.07) is 15.4. The molecule has 0 fully saturated rings. The van der Waals surface area contributed by atoms with Gasteiger partial charge in [0.2, 0.25) is 5.91 Å². The summed E-state index contributed by atoms with van der Waals surface area (Å²) in [4.78, 5) is 23.4. The zero-order valence-electron chi connectivity index (χ0n) is 13.6. The SMILES string of the molecule is COc1ccc(CCCC(=O)NC(C(=O)O)c2ccccc2)cc1. The van der Waals surface area contributed by atoms with Gasteiger partial charge in [-0.15, -0.1) is 0 Å². The van der Waals surface area contributed by atoms with Crippen LogP contribution in [0.1, 0.15) is 30.0 Å². The molecule has 0 saturated carbocycles. The molecule has 0 heterocycles. The van der Waals surface area contributed by atoms with Crippen LogP contribution in [0.25, 0.3) is 0 Å². The number of nitrogens with one attached hydrogen (secondary N) is 1. The summed E-state index contributed by atoms with van der Waals surface area (Å²) in [6.07, 6.45) is 1.68. The molecule has 1 unspecified atom stereocenters. The van der Waals surface area contributed by atoms with Gasteiger partial charge in [-0.3, -0.25) is 4.79 Å². The summed E-state index contributed by atoms with van der Waals surface area (Å²) in [5, 5.41) is 11.9. The van der Waals surface area contributed by atoms with Gasteiger partial charge in [-0.05, 0) is 36.1 Å². The number of benzene rings is 2. The van der Waals surface area contributed by atoms with Crippen molar-refractivity contribution in [3.05, 3.63) is 65.7 Å². The number of carbonyl (C=O) groups is 2. The lowest BCUT2D eigenvalue weighted by molar-refractivity contribution is -0.142. The first-order valence-corrected chi connectivity index (χ1v) is 7.80. The van der Waals surface area contributed by atoms with E-state index in [0.717, 1.165) is 17.7 Å². The number of methoxy groups -OCH3 is 1. The maximum absolute atomic E-state index is 12.0. The van der Waals surface area contributed by atoms with E-state index in [1.165, 1.54) is 0 Å². The van der Waals surface area contributed by atoms with Gasteiger partial charge in [0.1, 0.15) is 5.75 Å². The van der Waals surface area contributed by atoms with E-state index in [1.54, 1.807) is 37.4 Å². The molecule has 0 radical (unpaired) electrons. The second-order valence-electron chi connectivity index (χ2n) is 5.45. The molecule has 1 atom stereocenters. The number of ether oxygens (including phenoxy) is 1. The third-order valence-corrected chi connectivity index (χ3v) is 3.71. The monoisotopic (exact) mass is 327 g/mol. The van der Waals surface area contributed by atoms with E-state index in [-0.39, 0.29) is 12.3 Å². The average molecular weight is 327 g/mol. The Morgan fingerprint density at radius 3 is 2.33 bits per heavy atom. The van der Waals surface area contributed by atoms with Gasteiger partial charge in [0.05, 0.1) is 7.11 Å². The summed E-state index contributed by atoms with van der Waals surface area (Å²) in [6.45, 7) is 0. The fourth-order valence-corrected chi connectivity index (χ4v) is 2.41. The smallest absolute Gasteiger partial charge is 0.330 e. The molecule has 0 aliphatic rings. The van der Waals surface area contributed by atoms with Crippen molar-refractivity contribution in [3.8, 4) is 5.75 Å². The number of hydrogen-bond donors (Lipinski definition) is 2. The highest BCUT2D eigenvalue weighted by Gasteiger charge is 2.21. The van der Waals surface area contributed by atoms with Gasteiger partial charge >= 0.3 is 5.97 Å². The highest BCUT2D eigenvalue weighted by Crippen LogP contribution is 2.15. The van der Waals surface area contributed by atoms with Gasteiger partial charge in [-0.1, -0.05) is 42.5 Å². The van der Waals surface area contributed by atoms with Crippen molar-refractivity contribution in [2.24, 2.45) is 0 Å². The minimum atomic E-state index is -1.07. The Balaban J connectivity index is 1.84. The zero-order valence-corrected chi connectivity index (χ0v) is 13.6. The molecule has 0 bridgehead atoms. The van der Waals surface area contributed by atoms with Crippen LogP contribution in [-0.4, -0.2) is 24.1 Å². The first-order valence-electron chi connectivity index (χ1n) is 7.80. The minimum Gasteiger partial charge on any atom is -0.497 e. The van der Waals surface area contributed by atoms with E-state index in [2.05, 4.69) is 5.32 Å².